The minimum atomic E-state index is -0.505. The average molecular weight is 232 g/mol. The summed E-state index contributed by atoms with van der Waals surface area (Å²) in [5.41, 5.74) is 1.20. The molecule has 0 amide bonds. The van der Waals surface area contributed by atoms with E-state index in [-0.39, 0.29) is 17.0 Å². The van der Waals surface area contributed by atoms with Crippen LogP contribution in [0.15, 0.2) is 29.1 Å². The second-order valence-corrected chi connectivity index (χ2v) is 4.23. The normalized spacial score (nSPS) is 11.0. The molecule has 0 saturated carbocycles. The van der Waals surface area contributed by atoms with Crippen LogP contribution in [0.5, 0.6) is 0 Å². The third-order valence-corrected chi connectivity index (χ3v) is 2.67. The number of hydrogen-bond acceptors (Lipinski definition) is 3. The third-order valence-electron chi connectivity index (χ3n) is 2.67. The number of pyridine rings is 1. The highest BCUT2D eigenvalue weighted by atomic mass is 16.6. The summed E-state index contributed by atoms with van der Waals surface area (Å²) in [5.74, 6) is 0.210. The van der Waals surface area contributed by atoms with Gasteiger partial charge in [0.05, 0.1) is 10.3 Å². The van der Waals surface area contributed by atoms with Crippen molar-refractivity contribution in [3.05, 3.63) is 50.3 Å². The largest absolute Gasteiger partial charge is 0.358 e. The first-order valence-corrected chi connectivity index (χ1v) is 5.30. The summed E-state index contributed by atoms with van der Waals surface area (Å²) in [4.78, 5) is 25.1. The van der Waals surface area contributed by atoms with Crippen molar-refractivity contribution in [1.29, 1.82) is 0 Å². The lowest BCUT2D eigenvalue weighted by Gasteiger charge is -2.06. The summed E-state index contributed by atoms with van der Waals surface area (Å²) in [6.07, 6.45) is 0. The van der Waals surface area contributed by atoms with Crippen LogP contribution < -0.4 is 5.43 Å². The monoisotopic (exact) mass is 232 g/mol. The van der Waals surface area contributed by atoms with Crippen molar-refractivity contribution in [2.75, 3.05) is 0 Å². The molecule has 0 atom stereocenters. The number of rotatable bonds is 2. The van der Waals surface area contributed by atoms with Gasteiger partial charge in [-0.2, -0.15) is 0 Å². The van der Waals surface area contributed by atoms with Crippen molar-refractivity contribution in [1.82, 2.24) is 4.98 Å². The van der Waals surface area contributed by atoms with Gasteiger partial charge in [0.25, 0.3) is 5.69 Å². The first-order valence-electron chi connectivity index (χ1n) is 5.30. The Balaban J connectivity index is 2.73. The number of aromatic amines is 1. The van der Waals surface area contributed by atoms with E-state index in [1.165, 1.54) is 18.2 Å². The lowest BCUT2D eigenvalue weighted by atomic mass is 10.1. The van der Waals surface area contributed by atoms with E-state index in [9.17, 15) is 14.9 Å². The lowest BCUT2D eigenvalue weighted by Crippen LogP contribution is -2.06. The van der Waals surface area contributed by atoms with Crippen molar-refractivity contribution < 1.29 is 4.92 Å². The van der Waals surface area contributed by atoms with Gasteiger partial charge < -0.3 is 4.98 Å². The first-order chi connectivity index (χ1) is 7.99. The third kappa shape index (κ3) is 2.04. The molecule has 1 N–H and O–H groups in total. The Morgan fingerprint density at radius 1 is 1.29 bits per heavy atom. The molecule has 0 fully saturated rings. The van der Waals surface area contributed by atoms with Crippen molar-refractivity contribution in [2.45, 2.75) is 19.8 Å². The van der Waals surface area contributed by atoms with E-state index < -0.39 is 4.92 Å². The van der Waals surface area contributed by atoms with Gasteiger partial charge in [-0.05, 0) is 12.0 Å². The number of H-pyrrole nitrogens is 1. The maximum atomic E-state index is 11.8. The molecular weight excluding hydrogens is 220 g/mol. The van der Waals surface area contributed by atoms with Gasteiger partial charge in [-0.3, -0.25) is 14.9 Å². The Bertz CT molecular complexity index is 644. The molecule has 2 rings (SSSR count). The molecule has 1 aromatic heterocycles. The number of nitrogens with one attached hydrogen (secondary N) is 1. The van der Waals surface area contributed by atoms with Gasteiger partial charge in [0.2, 0.25) is 0 Å². The van der Waals surface area contributed by atoms with Crippen LogP contribution in [-0.2, 0) is 0 Å². The summed E-state index contributed by atoms with van der Waals surface area (Å²) < 4.78 is 0. The van der Waals surface area contributed by atoms with Crippen LogP contribution in [0.25, 0.3) is 10.9 Å². The molecule has 0 aliphatic heterocycles. The molecule has 1 heterocycles. The van der Waals surface area contributed by atoms with E-state index in [2.05, 4.69) is 4.98 Å². The SMILES string of the molecule is CC(C)c1cc(=O)c2cc([N+](=O)[O-])ccc2[nH]1. The van der Waals surface area contributed by atoms with Crippen LogP contribution in [-0.4, -0.2) is 9.91 Å². The lowest BCUT2D eigenvalue weighted by molar-refractivity contribution is -0.384. The van der Waals surface area contributed by atoms with Crippen molar-refractivity contribution in [3.8, 4) is 0 Å². The fourth-order valence-corrected chi connectivity index (χ4v) is 1.68. The Morgan fingerprint density at radius 2 is 2.00 bits per heavy atom. The summed E-state index contributed by atoms with van der Waals surface area (Å²) in [6, 6.07) is 5.76. The Labute approximate surface area is 97.2 Å². The topological polar surface area (TPSA) is 76.0 Å². The van der Waals surface area contributed by atoms with Crippen molar-refractivity contribution in [3.63, 3.8) is 0 Å². The van der Waals surface area contributed by atoms with Gasteiger partial charge in [-0.25, -0.2) is 0 Å². The number of nitro groups is 1. The quantitative estimate of drug-likeness (QED) is 0.638. The molecule has 0 aliphatic carbocycles. The molecule has 0 aliphatic rings. The number of aromatic nitrogens is 1. The molecule has 1 aromatic carbocycles. The molecule has 17 heavy (non-hydrogen) atoms. The molecule has 0 radical (unpaired) electrons. The van der Waals surface area contributed by atoms with Crippen LogP contribution in [0.2, 0.25) is 0 Å². The van der Waals surface area contributed by atoms with E-state index in [1.54, 1.807) is 6.07 Å². The zero-order chi connectivity index (χ0) is 12.6. The Kier molecular flexibility index (Phi) is 2.67. The predicted molar refractivity (Wildman–Crippen MR) is 65.3 cm³/mol. The summed E-state index contributed by atoms with van der Waals surface area (Å²) in [5, 5.41) is 11.0. The number of nitro benzene ring substituents is 1. The maximum absolute atomic E-state index is 11.8. The molecule has 2 aromatic rings. The predicted octanol–water partition coefficient (Wildman–Crippen LogP) is 2.56. The van der Waals surface area contributed by atoms with E-state index in [0.29, 0.717) is 10.9 Å². The van der Waals surface area contributed by atoms with E-state index >= 15 is 0 Å². The van der Waals surface area contributed by atoms with Crippen LogP contribution in [0.1, 0.15) is 25.5 Å². The van der Waals surface area contributed by atoms with E-state index in [0.717, 1.165) is 5.69 Å². The number of fused-ring (bicyclic) bond motifs is 1. The van der Waals surface area contributed by atoms with Crippen LogP contribution in [0.3, 0.4) is 0 Å². The molecule has 88 valence electrons. The smallest absolute Gasteiger partial charge is 0.270 e. The molecule has 0 spiro atoms. The first kappa shape index (κ1) is 11.3. The number of benzene rings is 1. The minimum absolute atomic E-state index is 0.0692. The van der Waals surface area contributed by atoms with Gasteiger partial charge in [-0.1, -0.05) is 13.8 Å². The summed E-state index contributed by atoms with van der Waals surface area (Å²) in [6.45, 7) is 3.95. The van der Waals surface area contributed by atoms with Crippen molar-refractivity contribution >= 4 is 16.6 Å². The van der Waals surface area contributed by atoms with Gasteiger partial charge in [0, 0.05) is 29.4 Å². The fraction of sp³-hybridized carbons (Fsp3) is 0.250. The minimum Gasteiger partial charge on any atom is -0.358 e. The summed E-state index contributed by atoms with van der Waals surface area (Å²) >= 11 is 0. The Morgan fingerprint density at radius 3 is 2.59 bits per heavy atom. The average Bonchev–Trinajstić information content (AvgIpc) is 2.28. The molecule has 0 bridgehead atoms. The highest BCUT2D eigenvalue weighted by Crippen LogP contribution is 2.19. The van der Waals surface area contributed by atoms with Crippen LogP contribution >= 0.6 is 0 Å². The van der Waals surface area contributed by atoms with E-state index in [1.807, 2.05) is 13.8 Å². The van der Waals surface area contributed by atoms with Gasteiger partial charge in [0.15, 0.2) is 5.43 Å². The number of nitrogens with zero attached hydrogens (tertiary/aromatic N) is 1. The zero-order valence-electron chi connectivity index (χ0n) is 9.56. The molecule has 0 unspecified atom stereocenters. The maximum Gasteiger partial charge on any atom is 0.270 e. The van der Waals surface area contributed by atoms with E-state index in [4.69, 9.17) is 0 Å². The second kappa shape index (κ2) is 4.01. The second-order valence-electron chi connectivity index (χ2n) is 4.23. The molecular formula is C12H12N2O3. The zero-order valence-corrected chi connectivity index (χ0v) is 9.56. The number of non-ortho nitro benzene ring substituents is 1. The number of hydrogen-bond donors (Lipinski definition) is 1. The highest BCUT2D eigenvalue weighted by Gasteiger charge is 2.10. The molecule has 5 heteroatoms. The van der Waals surface area contributed by atoms with Crippen LogP contribution in [0.4, 0.5) is 5.69 Å². The van der Waals surface area contributed by atoms with Gasteiger partial charge in [0.1, 0.15) is 0 Å². The fourth-order valence-electron chi connectivity index (χ4n) is 1.68. The molecule has 5 nitrogen and oxygen atoms in total. The van der Waals surface area contributed by atoms with Crippen molar-refractivity contribution in [2.24, 2.45) is 0 Å². The van der Waals surface area contributed by atoms with Crippen LogP contribution in [0, 0.1) is 10.1 Å². The Hall–Kier alpha value is -2.17. The molecule has 0 saturated heterocycles. The van der Waals surface area contributed by atoms with Gasteiger partial charge >= 0.3 is 0 Å². The summed E-state index contributed by atoms with van der Waals surface area (Å²) in [7, 11) is 0. The van der Waals surface area contributed by atoms with Gasteiger partial charge in [-0.15, -0.1) is 0 Å². The standard InChI is InChI=1S/C12H12N2O3/c1-7(2)11-6-12(15)9-5-8(14(16)17)3-4-10(9)13-11/h3-7H,1-2H3,(H,13,15). The highest BCUT2D eigenvalue weighted by molar-refractivity contribution is 5.81.